The summed E-state index contributed by atoms with van der Waals surface area (Å²) in [5.74, 6) is 0. The molecule has 0 unspecified atom stereocenters. The summed E-state index contributed by atoms with van der Waals surface area (Å²) in [5, 5.41) is 8.75. The van der Waals surface area contributed by atoms with Gasteiger partial charge in [-0.25, -0.2) is 4.98 Å². The van der Waals surface area contributed by atoms with Crippen LogP contribution in [0.3, 0.4) is 0 Å². The fourth-order valence-corrected chi connectivity index (χ4v) is 1.50. The third kappa shape index (κ3) is 2.44. The van der Waals surface area contributed by atoms with Gasteiger partial charge in [0.1, 0.15) is 0 Å². The van der Waals surface area contributed by atoms with Crippen LogP contribution in [0, 0.1) is 11.3 Å². The SMILES string of the molecule is N#Cc1cccc(CCc2cnc[nH]2)c1. The third-order valence-corrected chi connectivity index (χ3v) is 2.29. The molecule has 2 rings (SSSR count). The summed E-state index contributed by atoms with van der Waals surface area (Å²) >= 11 is 0. The maximum atomic E-state index is 8.75. The van der Waals surface area contributed by atoms with Gasteiger partial charge in [0.15, 0.2) is 0 Å². The van der Waals surface area contributed by atoms with E-state index >= 15 is 0 Å². The molecule has 15 heavy (non-hydrogen) atoms. The molecule has 1 heterocycles. The highest BCUT2D eigenvalue weighted by molar-refractivity contribution is 5.33. The molecule has 0 saturated carbocycles. The van der Waals surface area contributed by atoms with Crippen LogP contribution in [-0.2, 0) is 12.8 Å². The molecule has 0 fully saturated rings. The standard InChI is InChI=1S/C12H11N3/c13-7-11-3-1-2-10(6-11)4-5-12-8-14-9-15-12/h1-3,6,8-9H,4-5H2,(H,14,15). The van der Waals surface area contributed by atoms with E-state index in [1.165, 1.54) is 5.56 Å². The van der Waals surface area contributed by atoms with E-state index in [1.807, 2.05) is 30.5 Å². The van der Waals surface area contributed by atoms with Crippen molar-refractivity contribution < 1.29 is 0 Å². The number of H-pyrrole nitrogens is 1. The van der Waals surface area contributed by atoms with E-state index in [2.05, 4.69) is 16.0 Å². The molecule has 0 aliphatic heterocycles. The van der Waals surface area contributed by atoms with E-state index in [-0.39, 0.29) is 0 Å². The van der Waals surface area contributed by atoms with Gasteiger partial charge in [-0.3, -0.25) is 0 Å². The molecule has 3 heteroatoms. The number of aromatic nitrogens is 2. The minimum Gasteiger partial charge on any atom is -0.348 e. The second-order valence-corrected chi connectivity index (χ2v) is 3.39. The Labute approximate surface area is 88.4 Å². The zero-order chi connectivity index (χ0) is 10.5. The van der Waals surface area contributed by atoms with Crippen molar-refractivity contribution in [1.29, 1.82) is 5.26 Å². The molecular weight excluding hydrogens is 186 g/mol. The highest BCUT2D eigenvalue weighted by Gasteiger charge is 1.97. The molecule has 0 atom stereocenters. The molecule has 0 aliphatic rings. The van der Waals surface area contributed by atoms with Gasteiger partial charge >= 0.3 is 0 Å². The first kappa shape index (κ1) is 9.47. The lowest BCUT2D eigenvalue weighted by molar-refractivity contribution is 0.925. The summed E-state index contributed by atoms with van der Waals surface area (Å²) in [4.78, 5) is 7.02. The largest absolute Gasteiger partial charge is 0.348 e. The topological polar surface area (TPSA) is 52.5 Å². The number of rotatable bonds is 3. The van der Waals surface area contributed by atoms with E-state index in [0.29, 0.717) is 0 Å². The van der Waals surface area contributed by atoms with Crippen molar-refractivity contribution in [2.75, 3.05) is 0 Å². The lowest BCUT2D eigenvalue weighted by Gasteiger charge is -1.99. The maximum Gasteiger partial charge on any atom is 0.0991 e. The van der Waals surface area contributed by atoms with Crippen molar-refractivity contribution in [3.8, 4) is 6.07 Å². The molecule has 0 saturated heterocycles. The number of hydrogen-bond donors (Lipinski definition) is 1. The number of benzene rings is 1. The Morgan fingerprint density at radius 3 is 3.00 bits per heavy atom. The van der Waals surface area contributed by atoms with E-state index in [1.54, 1.807) is 6.33 Å². The van der Waals surface area contributed by atoms with E-state index in [9.17, 15) is 0 Å². The van der Waals surface area contributed by atoms with Crippen LogP contribution in [0.4, 0.5) is 0 Å². The second-order valence-electron chi connectivity index (χ2n) is 3.39. The predicted molar refractivity (Wildman–Crippen MR) is 57.2 cm³/mol. The van der Waals surface area contributed by atoms with Gasteiger partial charge in [-0.1, -0.05) is 12.1 Å². The van der Waals surface area contributed by atoms with Gasteiger partial charge in [0.05, 0.1) is 18.0 Å². The minimum absolute atomic E-state index is 0.720. The van der Waals surface area contributed by atoms with Crippen LogP contribution in [0.5, 0.6) is 0 Å². The summed E-state index contributed by atoms with van der Waals surface area (Å²) in [5.41, 5.74) is 3.03. The van der Waals surface area contributed by atoms with Crippen molar-refractivity contribution in [1.82, 2.24) is 9.97 Å². The smallest absolute Gasteiger partial charge is 0.0991 e. The zero-order valence-electron chi connectivity index (χ0n) is 8.27. The number of aryl methyl sites for hydroxylation is 2. The van der Waals surface area contributed by atoms with Crippen molar-refractivity contribution in [2.45, 2.75) is 12.8 Å². The Morgan fingerprint density at radius 2 is 2.27 bits per heavy atom. The molecule has 0 bridgehead atoms. The van der Waals surface area contributed by atoms with Gasteiger partial charge < -0.3 is 4.98 Å². The third-order valence-electron chi connectivity index (χ3n) is 2.29. The molecule has 1 aromatic carbocycles. The van der Waals surface area contributed by atoms with Crippen molar-refractivity contribution in [3.63, 3.8) is 0 Å². The minimum atomic E-state index is 0.720. The molecule has 0 spiro atoms. The molecule has 74 valence electrons. The molecule has 0 aliphatic carbocycles. The number of nitrogens with zero attached hydrogens (tertiary/aromatic N) is 2. The Balaban J connectivity index is 2.02. The van der Waals surface area contributed by atoms with Gasteiger partial charge in [0.25, 0.3) is 0 Å². The van der Waals surface area contributed by atoms with Gasteiger partial charge in [-0.2, -0.15) is 5.26 Å². The Bertz CT molecular complexity index is 466. The molecular formula is C12H11N3. The first-order valence-electron chi connectivity index (χ1n) is 4.85. The van der Waals surface area contributed by atoms with Crippen LogP contribution >= 0.6 is 0 Å². The predicted octanol–water partition coefficient (Wildman–Crippen LogP) is 2.07. The first-order chi connectivity index (χ1) is 7.38. The van der Waals surface area contributed by atoms with E-state index < -0.39 is 0 Å². The normalized spacial score (nSPS) is 9.80. The molecule has 0 amide bonds. The number of imidazole rings is 1. The fraction of sp³-hybridized carbons (Fsp3) is 0.167. The van der Waals surface area contributed by atoms with Gasteiger partial charge in [0.2, 0.25) is 0 Å². The second kappa shape index (κ2) is 4.43. The Kier molecular flexibility index (Phi) is 2.80. The lowest BCUT2D eigenvalue weighted by atomic mass is 10.1. The van der Waals surface area contributed by atoms with Crippen molar-refractivity contribution in [2.24, 2.45) is 0 Å². The lowest BCUT2D eigenvalue weighted by Crippen LogP contribution is -1.91. The number of hydrogen-bond acceptors (Lipinski definition) is 2. The van der Waals surface area contributed by atoms with Crippen LogP contribution in [0.1, 0.15) is 16.8 Å². The average molecular weight is 197 g/mol. The molecule has 2 aromatic rings. The monoisotopic (exact) mass is 197 g/mol. The van der Waals surface area contributed by atoms with Crippen LogP contribution in [0.25, 0.3) is 0 Å². The Hall–Kier alpha value is -2.08. The molecule has 0 radical (unpaired) electrons. The van der Waals surface area contributed by atoms with Crippen LogP contribution < -0.4 is 0 Å². The quantitative estimate of drug-likeness (QED) is 0.818. The number of nitriles is 1. The van der Waals surface area contributed by atoms with Crippen LogP contribution in [0.2, 0.25) is 0 Å². The fourth-order valence-electron chi connectivity index (χ4n) is 1.50. The number of nitrogens with one attached hydrogen (secondary N) is 1. The number of aromatic amines is 1. The summed E-state index contributed by atoms with van der Waals surface area (Å²) in [6.45, 7) is 0. The summed E-state index contributed by atoms with van der Waals surface area (Å²) in [6.07, 6.45) is 5.36. The van der Waals surface area contributed by atoms with Crippen molar-refractivity contribution in [3.05, 3.63) is 53.6 Å². The van der Waals surface area contributed by atoms with Gasteiger partial charge in [-0.15, -0.1) is 0 Å². The highest BCUT2D eigenvalue weighted by Crippen LogP contribution is 2.07. The summed E-state index contributed by atoms with van der Waals surface area (Å²) < 4.78 is 0. The average Bonchev–Trinajstić information content (AvgIpc) is 2.79. The maximum absolute atomic E-state index is 8.75. The highest BCUT2D eigenvalue weighted by atomic mass is 14.9. The summed E-state index contributed by atoms with van der Waals surface area (Å²) in [7, 11) is 0. The Morgan fingerprint density at radius 1 is 1.33 bits per heavy atom. The van der Waals surface area contributed by atoms with Crippen LogP contribution in [0.15, 0.2) is 36.8 Å². The molecule has 1 aromatic heterocycles. The van der Waals surface area contributed by atoms with Gasteiger partial charge in [-0.05, 0) is 30.5 Å². The van der Waals surface area contributed by atoms with Gasteiger partial charge in [0, 0.05) is 11.9 Å². The molecule has 1 N–H and O–H groups in total. The first-order valence-corrected chi connectivity index (χ1v) is 4.85. The van der Waals surface area contributed by atoms with E-state index in [4.69, 9.17) is 5.26 Å². The van der Waals surface area contributed by atoms with Crippen LogP contribution in [-0.4, -0.2) is 9.97 Å². The van der Waals surface area contributed by atoms with E-state index in [0.717, 1.165) is 24.1 Å². The molecule has 3 nitrogen and oxygen atoms in total. The zero-order valence-corrected chi connectivity index (χ0v) is 8.27. The summed E-state index contributed by atoms with van der Waals surface area (Å²) in [6, 6.07) is 9.84. The van der Waals surface area contributed by atoms with Crippen molar-refractivity contribution >= 4 is 0 Å².